The fourth-order valence-corrected chi connectivity index (χ4v) is 1.41. The van der Waals surface area contributed by atoms with E-state index >= 15 is 0 Å². The van der Waals surface area contributed by atoms with Gasteiger partial charge in [-0.2, -0.15) is 5.10 Å². The molecule has 1 unspecified atom stereocenters. The van der Waals surface area contributed by atoms with Crippen LogP contribution in [0.25, 0.3) is 0 Å². The van der Waals surface area contributed by atoms with Crippen LogP contribution in [0.2, 0.25) is 0 Å². The van der Waals surface area contributed by atoms with E-state index in [-0.39, 0.29) is 6.10 Å². The smallest absolute Gasteiger partial charge is 0.159 e. The molecule has 0 radical (unpaired) electrons. The Morgan fingerprint density at radius 3 is 2.79 bits per heavy atom. The number of nitrogens with zero attached hydrogens (tertiary/aromatic N) is 2. The molecule has 80 valence electrons. The zero-order valence-electron chi connectivity index (χ0n) is 8.24. The maximum atomic E-state index is 5.58. The van der Waals surface area contributed by atoms with Gasteiger partial charge in [0.2, 0.25) is 0 Å². The zero-order valence-corrected chi connectivity index (χ0v) is 9.82. The summed E-state index contributed by atoms with van der Waals surface area (Å²) >= 11 is 3.29. The first-order valence-electron chi connectivity index (χ1n) is 4.17. The Kier molecular flexibility index (Phi) is 4.37. The summed E-state index contributed by atoms with van der Waals surface area (Å²) in [7, 11) is 3.28. The van der Waals surface area contributed by atoms with E-state index in [4.69, 9.17) is 15.2 Å². The summed E-state index contributed by atoms with van der Waals surface area (Å²) in [5, 5.41) is 4.09. The number of ether oxygens (including phenoxy) is 2. The number of methoxy groups -OCH3 is 2. The number of hydrogen-bond donors (Lipinski definition) is 1. The van der Waals surface area contributed by atoms with Gasteiger partial charge in [0, 0.05) is 20.4 Å². The van der Waals surface area contributed by atoms with E-state index in [1.54, 1.807) is 18.9 Å². The van der Waals surface area contributed by atoms with Crippen molar-refractivity contribution in [3.63, 3.8) is 0 Å². The summed E-state index contributed by atoms with van der Waals surface area (Å²) in [6, 6.07) is 0. The molecule has 1 atom stereocenters. The number of anilines is 1. The van der Waals surface area contributed by atoms with E-state index in [1.807, 2.05) is 6.20 Å². The lowest BCUT2D eigenvalue weighted by Gasteiger charge is -2.13. The lowest BCUT2D eigenvalue weighted by Crippen LogP contribution is -2.24. The monoisotopic (exact) mass is 263 g/mol. The maximum absolute atomic E-state index is 5.58. The Morgan fingerprint density at radius 2 is 2.36 bits per heavy atom. The topological polar surface area (TPSA) is 62.3 Å². The van der Waals surface area contributed by atoms with Crippen LogP contribution in [-0.2, 0) is 16.0 Å². The molecule has 0 saturated carbocycles. The van der Waals surface area contributed by atoms with Gasteiger partial charge in [0.25, 0.3) is 0 Å². The predicted molar refractivity (Wildman–Crippen MR) is 57.0 cm³/mol. The fourth-order valence-electron chi connectivity index (χ4n) is 1.10. The van der Waals surface area contributed by atoms with Crippen molar-refractivity contribution in [2.75, 3.05) is 26.6 Å². The quantitative estimate of drug-likeness (QED) is 0.857. The van der Waals surface area contributed by atoms with Crippen molar-refractivity contribution in [3.8, 4) is 0 Å². The van der Waals surface area contributed by atoms with Gasteiger partial charge in [-0.15, -0.1) is 0 Å². The third-order valence-corrected chi connectivity index (χ3v) is 2.43. The minimum atomic E-state index is -0.00815. The highest BCUT2D eigenvalue weighted by Crippen LogP contribution is 2.16. The van der Waals surface area contributed by atoms with Crippen molar-refractivity contribution in [1.29, 1.82) is 0 Å². The number of nitrogen functional groups attached to an aromatic ring is 1. The van der Waals surface area contributed by atoms with Gasteiger partial charge in [-0.3, -0.25) is 4.68 Å². The lowest BCUT2D eigenvalue weighted by molar-refractivity contribution is 0.0164. The number of nitrogens with two attached hydrogens (primary N) is 1. The highest BCUT2D eigenvalue weighted by molar-refractivity contribution is 9.10. The molecule has 0 amide bonds. The highest BCUT2D eigenvalue weighted by Gasteiger charge is 2.10. The van der Waals surface area contributed by atoms with E-state index in [2.05, 4.69) is 21.0 Å². The highest BCUT2D eigenvalue weighted by atomic mass is 79.9. The summed E-state index contributed by atoms with van der Waals surface area (Å²) in [6.07, 6.45) is 1.81. The summed E-state index contributed by atoms with van der Waals surface area (Å²) in [5.41, 5.74) is 5.58. The van der Waals surface area contributed by atoms with Crippen molar-refractivity contribution in [2.45, 2.75) is 12.6 Å². The molecule has 5 nitrogen and oxygen atoms in total. The molecule has 0 aliphatic heterocycles. The van der Waals surface area contributed by atoms with Crippen molar-refractivity contribution in [1.82, 2.24) is 9.78 Å². The Morgan fingerprint density at radius 1 is 1.64 bits per heavy atom. The van der Waals surface area contributed by atoms with Crippen molar-refractivity contribution >= 4 is 21.7 Å². The first-order chi connectivity index (χ1) is 6.67. The zero-order chi connectivity index (χ0) is 10.6. The third-order valence-electron chi connectivity index (χ3n) is 1.82. The summed E-state index contributed by atoms with van der Waals surface area (Å²) in [6.45, 7) is 1.16. The van der Waals surface area contributed by atoms with E-state index < -0.39 is 0 Å². The van der Waals surface area contributed by atoms with Crippen LogP contribution in [0.1, 0.15) is 0 Å². The Balaban J connectivity index is 2.57. The number of hydrogen-bond acceptors (Lipinski definition) is 4. The predicted octanol–water partition coefficient (Wildman–Crippen LogP) is 0.889. The SMILES string of the molecule is COCC(Cn1cc(Br)c(N)n1)OC. The van der Waals surface area contributed by atoms with E-state index in [1.165, 1.54) is 0 Å². The first-order valence-corrected chi connectivity index (χ1v) is 4.96. The van der Waals surface area contributed by atoms with Crippen LogP contribution in [0.3, 0.4) is 0 Å². The standard InChI is InChI=1S/C8H14BrN3O2/c1-13-5-6(14-2)3-12-4-7(9)8(10)11-12/h4,6H,3,5H2,1-2H3,(H2,10,11). The summed E-state index contributed by atoms with van der Waals surface area (Å²) < 4.78 is 12.7. The van der Waals surface area contributed by atoms with Gasteiger partial charge in [0.05, 0.1) is 23.7 Å². The first kappa shape index (κ1) is 11.5. The average Bonchev–Trinajstić information content (AvgIpc) is 2.45. The van der Waals surface area contributed by atoms with Gasteiger partial charge in [0.15, 0.2) is 5.82 Å². The third kappa shape index (κ3) is 2.97. The molecule has 6 heteroatoms. The maximum Gasteiger partial charge on any atom is 0.159 e. The molecule has 1 aromatic heterocycles. The second-order valence-corrected chi connectivity index (χ2v) is 3.75. The molecular formula is C8H14BrN3O2. The van der Waals surface area contributed by atoms with Crippen molar-refractivity contribution < 1.29 is 9.47 Å². The van der Waals surface area contributed by atoms with Crippen LogP contribution in [0.5, 0.6) is 0 Å². The molecule has 0 bridgehead atoms. The van der Waals surface area contributed by atoms with Crippen molar-refractivity contribution in [3.05, 3.63) is 10.7 Å². The molecule has 0 saturated heterocycles. The summed E-state index contributed by atoms with van der Waals surface area (Å²) in [4.78, 5) is 0. The molecule has 0 spiro atoms. The van der Waals surface area contributed by atoms with E-state index in [9.17, 15) is 0 Å². The number of halogens is 1. The van der Waals surface area contributed by atoms with E-state index in [0.29, 0.717) is 19.0 Å². The second kappa shape index (κ2) is 5.33. The molecule has 2 N–H and O–H groups in total. The molecule has 0 aromatic carbocycles. The number of rotatable bonds is 5. The normalized spacial score (nSPS) is 13.1. The van der Waals surface area contributed by atoms with Crippen LogP contribution in [-0.4, -0.2) is 36.7 Å². The van der Waals surface area contributed by atoms with Crippen LogP contribution >= 0.6 is 15.9 Å². The fraction of sp³-hybridized carbons (Fsp3) is 0.625. The van der Waals surface area contributed by atoms with Crippen LogP contribution < -0.4 is 5.73 Å². The molecule has 1 aromatic rings. The largest absolute Gasteiger partial charge is 0.382 e. The van der Waals surface area contributed by atoms with Crippen LogP contribution in [0, 0.1) is 0 Å². The van der Waals surface area contributed by atoms with Crippen LogP contribution in [0.15, 0.2) is 10.7 Å². The van der Waals surface area contributed by atoms with Gasteiger partial charge >= 0.3 is 0 Å². The molecule has 1 rings (SSSR count). The van der Waals surface area contributed by atoms with Crippen LogP contribution in [0.4, 0.5) is 5.82 Å². The minimum absolute atomic E-state index is 0.00815. The van der Waals surface area contributed by atoms with Gasteiger partial charge in [-0.05, 0) is 15.9 Å². The average molecular weight is 264 g/mol. The Hall–Kier alpha value is -0.590. The second-order valence-electron chi connectivity index (χ2n) is 2.90. The molecule has 0 aliphatic carbocycles. The lowest BCUT2D eigenvalue weighted by atomic mass is 10.4. The van der Waals surface area contributed by atoms with Gasteiger partial charge in [0.1, 0.15) is 0 Å². The Labute approximate surface area is 91.3 Å². The van der Waals surface area contributed by atoms with E-state index in [0.717, 1.165) is 4.47 Å². The molecular weight excluding hydrogens is 250 g/mol. The molecule has 1 heterocycles. The van der Waals surface area contributed by atoms with Gasteiger partial charge in [-0.1, -0.05) is 0 Å². The number of aromatic nitrogens is 2. The minimum Gasteiger partial charge on any atom is -0.382 e. The summed E-state index contributed by atoms with van der Waals surface area (Å²) in [5.74, 6) is 0.484. The van der Waals surface area contributed by atoms with Gasteiger partial charge in [-0.25, -0.2) is 0 Å². The Bertz CT molecular complexity index is 271. The molecule has 14 heavy (non-hydrogen) atoms. The molecule has 0 fully saturated rings. The van der Waals surface area contributed by atoms with Gasteiger partial charge < -0.3 is 15.2 Å². The van der Waals surface area contributed by atoms with Crippen molar-refractivity contribution in [2.24, 2.45) is 0 Å². The molecule has 0 aliphatic rings.